The molecule has 0 aliphatic heterocycles. The highest BCUT2D eigenvalue weighted by molar-refractivity contribution is 5.24. The zero-order chi connectivity index (χ0) is 8.27. The molecule has 0 fully saturated rings. The van der Waals surface area contributed by atoms with E-state index in [1.165, 1.54) is 0 Å². The van der Waals surface area contributed by atoms with Crippen LogP contribution in [0.15, 0.2) is 6.20 Å². The molecule has 1 heterocycles. The Bertz CT molecular complexity index is 232. The molecule has 11 heavy (non-hydrogen) atoms. The molecule has 0 atom stereocenters. The second-order valence-corrected chi connectivity index (χ2v) is 2.32. The minimum Gasteiger partial charge on any atom is -0.493 e. The van der Waals surface area contributed by atoms with Crippen LogP contribution in [-0.4, -0.2) is 23.4 Å². The molecule has 1 aromatic heterocycles. The summed E-state index contributed by atoms with van der Waals surface area (Å²) in [6.45, 7) is 0.621. The Labute approximate surface area is 66.0 Å². The largest absolute Gasteiger partial charge is 0.493 e. The van der Waals surface area contributed by atoms with Gasteiger partial charge in [-0.2, -0.15) is 5.10 Å². The average Bonchev–Trinajstić information content (AvgIpc) is 2.34. The third kappa shape index (κ3) is 1.51. The minimum absolute atomic E-state index is 0.621. The van der Waals surface area contributed by atoms with E-state index in [0.717, 1.165) is 17.9 Å². The lowest BCUT2D eigenvalue weighted by Crippen LogP contribution is -2.08. The molecule has 0 aliphatic carbocycles. The van der Waals surface area contributed by atoms with Crippen LogP contribution in [0.5, 0.6) is 5.75 Å². The van der Waals surface area contributed by atoms with Crippen LogP contribution < -0.4 is 10.5 Å². The van der Waals surface area contributed by atoms with Gasteiger partial charge in [-0.15, -0.1) is 0 Å². The molecule has 2 N–H and O–H groups in total. The van der Waals surface area contributed by atoms with Crippen LogP contribution in [0.25, 0.3) is 0 Å². The number of aromatic nitrogens is 2. The number of ether oxygens (including phenoxy) is 1. The predicted molar refractivity (Wildman–Crippen MR) is 42.5 cm³/mol. The van der Waals surface area contributed by atoms with E-state index in [4.69, 9.17) is 10.5 Å². The van der Waals surface area contributed by atoms with E-state index in [2.05, 4.69) is 5.10 Å². The normalized spacial score (nSPS) is 10.1. The molecule has 0 saturated heterocycles. The number of rotatable bonds is 3. The smallest absolute Gasteiger partial charge is 0.159 e. The summed E-state index contributed by atoms with van der Waals surface area (Å²) in [7, 11) is 3.52. The van der Waals surface area contributed by atoms with E-state index in [1.54, 1.807) is 18.0 Å². The van der Waals surface area contributed by atoms with Crippen LogP contribution in [0, 0.1) is 0 Å². The molecule has 4 heteroatoms. The molecule has 1 rings (SSSR count). The van der Waals surface area contributed by atoms with E-state index < -0.39 is 0 Å². The highest BCUT2D eigenvalue weighted by atomic mass is 16.5. The lowest BCUT2D eigenvalue weighted by Gasteiger charge is -2.01. The zero-order valence-electron chi connectivity index (χ0n) is 6.87. The Kier molecular flexibility index (Phi) is 2.48. The maximum atomic E-state index is 5.42. The quantitative estimate of drug-likeness (QED) is 0.664. The molecular formula is C7H13N3O. The number of aryl methyl sites for hydroxylation is 1. The molecule has 4 nitrogen and oxygen atoms in total. The highest BCUT2D eigenvalue weighted by Gasteiger charge is 2.06. The summed E-state index contributed by atoms with van der Waals surface area (Å²) < 4.78 is 6.86. The Morgan fingerprint density at radius 1 is 1.73 bits per heavy atom. The highest BCUT2D eigenvalue weighted by Crippen LogP contribution is 2.15. The molecule has 0 amide bonds. The van der Waals surface area contributed by atoms with Gasteiger partial charge in [0.25, 0.3) is 0 Å². The standard InChI is InChI=1S/C7H13N3O/c1-10-6(3-4-8)7(11-2)5-9-10/h5H,3-4,8H2,1-2H3. The Morgan fingerprint density at radius 3 is 3.00 bits per heavy atom. The van der Waals surface area contributed by atoms with Gasteiger partial charge in [-0.3, -0.25) is 4.68 Å². The van der Waals surface area contributed by atoms with Crippen LogP contribution >= 0.6 is 0 Å². The van der Waals surface area contributed by atoms with Gasteiger partial charge in [0.05, 0.1) is 19.0 Å². The number of nitrogens with zero attached hydrogens (tertiary/aromatic N) is 2. The summed E-state index contributed by atoms with van der Waals surface area (Å²) in [6.07, 6.45) is 2.50. The van der Waals surface area contributed by atoms with Crippen LogP contribution in [0.4, 0.5) is 0 Å². The van der Waals surface area contributed by atoms with Gasteiger partial charge >= 0.3 is 0 Å². The van der Waals surface area contributed by atoms with Crippen molar-refractivity contribution in [3.05, 3.63) is 11.9 Å². The molecule has 62 valence electrons. The predicted octanol–water partition coefficient (Wildman–Crippen LogP) is -0.0701. The van der Waals surface area contributed by atoms with E-state index in [-0.39, 0.29) is 0 Å². The maximum Gasteiger partial charge on any atom is 0.159 e. The zero-order valence-corrected chi connectivity index (χ0v) is 6.87. The molecule has 0 aromatic carbocycles. The Balaban J connectivity index is 2.88. The van der Waals surface area contributed by atoms with Gasteiger partial charge in [0, 0.05) is 13.5 Å². The second kappa shape index (κ2) is 3.39. The summed E-state index contributed by atoms with van der Waals surface area (Å²) in [4.78, 5) is 0. The number of hydrogen-bond acceptors (Lipinski definition) is 3. The fourth-order valence-electron chi connectivity index (χ4n) is 1.03. The fourth-order valence-corrected chi connectivity index (χ4v) is 1.03. The summed E-state index contributed by atoms with van der Waals surface area (Å²) in [5, 5.41) is 4.04. The van der Waals surface area contributed by atoms with Crippen LogP contribution in [0.3, 0.4) is 0 Å². The first kappa shape index (κ1) is 8.07. The summed E-state index contributed by atoms with van der Waals surface area (Å²) >= 11 is 0. The van der Waals surface area contributed by atoms with Crippen LogP contribution in [0.2, 0.25) is 0 Å². The molecule has 0 unspecified atom stereocenters. The van der Waals surface area contributed by atoms with Gasteiger partial charge in [-0.1, -0.05) is 0 Å². The van der Waals surface area contributed by atoms with Crippen LogP contribution in [0.1, 0.15) is 5.69 Å². The Hall–Kier alpha value is -1.03. The Morgan fingerprint density at radius 2 is 2.45 bits per heavy atom. The average molecular weight is 155 g/mol. The third-order valence-corrected chi connectivity index (χ3v) is 1.62. The van der Waals surface area contributed by atoms with Crippen LogP contribution in [-0.2, 0) is 13.5 Å². The van der Waals surface area contributed by atoms with E-state index >= 15 is 0 Å². The van der Waals surface area contributed by atoms with E-state index in [0.29, 0.717) is 6.54 Å². The van der Waals surface area contributed by atoms with Gasteiger partial charge in [-0.05, 0) is 6.54 Å². The molecule has 1 aromatic rings. The van der Waals surface area contributed by atoms with Gasteiger partial charge < -0.3 is 10.5 Å². The topological polar surface area (TPSA) is 53.1 Å². The monoisotopic (exact) mass is 155 g/mol. The lowest BCUT2D eigenvalue weighted by molar-refractivity contribution is 0.408. The summed E-state index contributed by atoms with van der Waals surface area (Å²) in [5.41, 5.74) is 6.47. The molecule has 0 saturated carbocycles. The lowest BCUT2D eigenvalue weighted by atomic mass is 10.3. The van der Waals surface area contributed by atoms with E-state index in [9.17, 15) is 0 Å². The molecule has 0 spiro atoms. The minimum atomic E-state index is 0.621. The first-order valence-corrected chi connectivity index (χ1v) is 3.54. The van der Waals surface area contributed by atoms with Gasteiger partial charge in [0.1, 0.15) is 0 Å². The van der Waals surface area contributed by atoms with Crippen molar-refractivity contribution in [2.75, 3.05) is 13.7 Å². The van der Waals surface area contributed by atoms with Gasteiger partial charge in [0.15, 0.2) is 5.75 Å². The van der Waals surface area contributed by atoms with Crippen molar-refractivity contribution in [2.24, 2.45) is 12.8 Å². The van der Waals surface area contributed by atoms with Crippen molar-refractivity contribution in [1.29, 1.82) is 0 Å². The van der Waals surface area contributed by atoms with Crippen molar-refractivity contribution in [3.63, 3.8) is 0 Å². The number of methoxy groups -OCH3 is 1. The molecule has 0 radical (unpaired) electrons. The van der Waals surface area contributed by atoms with Crippen molar-refractivity contribution in [2.45, 2.75) is 6.42 Å². The summed E-state index contributed by atoms with van der Waals surface area (Å²) in [6, 6.07) is 0. The molecule has 0 aliphatic rings. The van der Waals surface area contributed by atoms with Crippen molar-refractivity contribution >= 4 is 0 Å². The van der Waals surface area contributed by atoms with Gasteiger partial charge in [0.2, 0.25) is 0 Å². The van der Waals surface area contributed by atoms with E-state index in [1.807, 2.05) is 7.05 Å². The van der Waals surface area contributed by atoms with Crippen molar-refractivity contribution in [1.82, 2.24) is 9.78 Å². The fraction of sp³-hybridized carbons (Fsp3) is 0.571. The maximum absolute atomic E-state index is 5.42. The second-order valence-electron chi connectivity index (χ2n) is 2.32. The molecule has 0 bridgehead atoms. The first-order valence-electron chi connectivity index (χ1n) is 3.54. The number of nitrogens with two attached hydrogens (primary N) is 1. The molecular weight excluding hydrogens is 142 g/mol. The number of hydrogen-bond donors (Lipinski definition) is 1. The van der Waals surface area contributed by atoms with Gasteiger partial charge in [-0.25, -0.2) is 0 Å². The first-order chi connectivity index (χ1) is 5.29. The van der Waals surface area contributed by atoms with Crippen molar-refractivity contribution < 1.29 is 4.74 Å². The summed E-state index contributed by atoms with van der Waals surface area (Å²) in [5.74, 6) is 0.818. The SMILES string of the molecule is COc1cnn(C)c1CCN. The third-order valence-electron chi connectivity index (χ3n) is 1.62. The van der Waals surface area contributed by atoms with Crippen molar-refractivity contribution in [3.8, 4) is 5.75 Å².